The summed E-state index contributed by atoms with van der Waals surface area (Å²) < 4.78 is 40.5. The minimum atomic E-state index is -3.93. The van der Waals surface area contributed by atoms with Gasteiger partial charge in [0.2, 0.25) is 15.9 Å². The minimum absolute atomic E-state index is 0.0287. The first kappa shape index (κ1) is 23.5. The first-order chi connectivity index (χ1) is 15.8. The Labute approximate surface area is 197 Å². The normalized spacial score (nSPS) is 14.4. The third kappa shape index (κ3) is 5.63. The van der Waals surface area contributed by atoms with Gasteiger partial charge in [0, 0.05) is 19.0 Å². The second kappa shape index (κ2) is 10.1. The summed E-state index contributed by atoms with van der Waals surface area (Å²) >= 11 is 1.65. The van der Waals surface area contributed by atoms with Gasteiger partial charge in [0.1, 0.15) is 19.3 Å². The van der Waals surface area contributed by atoms with E-state index < -0.39 is 16.1 Å². The van der Waals surface area contributed by atoms with Crippen molar-refractivity contribution in [2.45, 2.75) is 37.6 Å². The van der Waals surface area contributed by atoms with Crippen LogP contribution in [-0.4, -0.2) is 45.1 Å². The molecule has 33 heavy (non-hydrogen) atoms. The van der Waals surface area contributed by atoms with Crippen LogP contribution < -0.4 is 19.5 Å². The van der Waals surface area contributed by atoms with Gasteiger partial charge in [-0.2, -0.15) is 4.72 Å². The lowest BCUT2D eigenvalue weighted by Crippen LogP contribution is -2.49. The lowest BCUT2D eigenvalue weighted by Gasteiger charge is -2.23. The van der Waals surface area contributed by atoms with Crippen molar-refractivity contribution in [1.29, 1.82) is 0 Å². The molecule has 2 heterocycles. The van der Waals surface area contributed by atoms with E-state index >= 15 is 0 Å². The van der Waals surface area contributed by atoms with Crippen molar-refractivity contribution in [1.82, 2.24) is 15.0 Å². The van der Waals surface area contributed by atoms with Crippen LogP contribution in [0.4, 0.5) is 0 Å². The molecule has 2 aromatic carbocycles. The maximum Gasteiger partial charge on any atom is 0.241 e. The number of nitrogens with zero attached hydrogens (tertiary/aromatic N) is 1. The van der Waals surface area contributed by atoms with Crippen molar-refractivity contribution >= 4 is 37.5 Å². The summed E-state index contributed by atoms with van der Waals surface area (Å²) in [5, 5.41) is 3.88. The number of benzene rings is 2. The number of amides is 1. The molecule has 10 heteroatoms. The number of hydrogen-bond donors (Lipinski definition) is 2. The molecule has 4 rings (SSSR count). The highest BCUT2D eigenvalue weighted by Crippen LogP contribution is 2.32. The lowest BCUT2D eigenvalue weighted by molar-refractivity contribution is -0.123. The van der Waals surface area contributed by atoms with E-state index in [4.69, 9.17) is 9.47 Å². The molecule has 1 amide bonds. The molecular weight excluding hydrogens is 462 g/mol. The van der Waals surface area contributed by atoms with Crippen molar-refractivity contribution in [2.75, 3.05) is 19.8 Å². The smallest absolute Gasteiger partial charge is 0.241 e. The van der Waals surface area contributed by atoms with E-state index in [1.807, 2.05) is 24.3 Å². The predicted molar refractivity (Wildman–Crippen MR) is 127 cm³/mol. The molecule has 2 N–H and O–H groups in total. The number of fused-ring (bicyclic) bond motifs is 2. The SMILES string of the molecule is CC(C)[C@@H](NS(=O)(=O)c1ccc2c(c1)OCCO2)C(=O)NCCCc1nc2ccccc2s1. The number of aryl methyl sites for hydroxylation is 1. The van der Waals surface area contributed by atoms with Crippen LogP contribution in [0.5, 0.6) is 11.5 Å². The summed E-state index contributed by atoms with van der Waals surface area (Å²) in [4.78, 5) is 17.4. The highest BCUT2D eigenvalue weighted by molar-refractivity contribution is 7.89. The molecule has 0 saturated carbocycles. The quantitative estimate of drug-likeness (QED) is 0.448. The summed E-state index contributed by atoms with van der Waals surface area (Å²) in [5.74, 6) is 0.299. The van der Waals surface area contributed by atoms with E-state index in [-0.39, 0.29) is 16.7 Å². The Morgan fingerprint density at radius 2 is 1.88 bits per heavy atom. The molecule has 0 saturated heterocycles. The number of para-hydroxylation sites is 1. The van der Waals surface area contributed by atoms with Crippen LogP contribution in [0.3, 0.4) is 0 Å². The maximum absolute atomic E-state index is 12.9. The molecule has 1 aromatic heterocycles. The molecule has 3 aromatic rings. The van der Waals surface area contributed by atoms with E-state index in [2.05, 4.69) is 15.0 Å². The van der Waals surface area contributed by atoms with E-state index in [0.717, 1.165) is 21.6 Å². The Kier molecular flexibility index (Phi) is 7.16. The minimum Gasteiger partial charge on any atom is -0.486 e. The zero-order valence-electron chi connectivity index (χ0n) is 18.5. The molecule has 0 radical (unpaired) electrons. The number of ether oxygens (including phenoxy) is 2. The van der Waals surface area contributed by atoms with Gasteiger partial charge >= 0.3 is 0 Å². The number of thiazole rings is 1. The van der Waals surface area contributed by atoms with Crippen molar-refractivity contribution < 1.29 is 22.7 Å². The van der Waals surface area contributed by atoms with Crippen molar-refractivity contribution in [2.24, 2.45) is 5.92 Å². The average Bonchev–Trinajstić information content (AvgIpc) is 3.22. The second-order valence-corrected chi connectivity index (χ2v) is 10.9. The monoisotopic (exact) mass is 489 g/mol. The molecule has 8 nitrogen and oxygen atoms in total. The van der Waals surface area contributed by atoms with E-state index in [0.29, 0.717) is 37.7 Å². The van der Waals surface area contributed by atoms with Gasteiger partial charge in [-0.15, -0.1) is 11.3 Å². The lowest BCUT2D eigenvalue weighted by atomic mass is 10.1. The third-order valence-electron chi connectivity index (χ3n) is 5.26. The number of hydrogen-bond acceptors (Lipinski definition) is 7. The van der Waals surface area contributed by atoms with E-state index in [1.165, 1.54) is 12.1 Å². The van der Waals surface area contributed by atoms with Crippen LogP contribution in [0.25, 0.3) is 10.2 Å². The first-order valence-electron chi connectivity index (χ1n) is 10.9. The number of aromatic nitrogens is 1. The van der Waals surface area contributed by atoms with Gasteiger partial charge in [-0.25, -0.2) is 13.4 Å². The fourth-order valence-electron chi connectivity index (χ4n) is 3.51. The zero-order valence-corrected chi connectivity index (χ0v) is 20.2. The first-order valence-corrected chi connectivity index (χ1v) is 13.2. The number of nitrogens with one attached hydrogen (secondary N) is 2. The number of sulfonamides is 1. The van der Waals surface area contributed by atoms with Crippen LogP contribution in [0.15, 0.2) is 47.4 Å². The zero-order chi connectivity index (χ0) is 23.4. The van der Waals surface area contributed by atoms with E-state index in [9.17, 15) is 13.2 Å². The fourth-order valence-corrected chi connectivity index (χ4v) is 5.87. The van der Waals surface area contributed by atoms with Gasteiger partial charge < -0.3 is 14.8 Å². The van der Waals surface area contributed by atoms with Gasteiger partial charge in [0.25, 0.3) is 0 Å². The van der Waals surface area contributed by atoms with Gasteiger partial charge in [0.15, 0.2) is 11.5 Å². The van der Waals surface area contributed by atoms with Crippen LogP contribution in [0.1, 0.15) is 25.3 Å². The molecule has 0 bridgehead atoms. The fraction of sp³-hybridized carbons (Fsp3) is 0.391. The Balaban J connectivity index is 1.34. The summed E-state index contributed by atoms with van der Waals surface area (Å²) in [5.41, 5.74) is 0.981. The molecule has 1 aliphatic rings. The highest BCUT2D eigenvalue weighted by Gasteiger charge is 2.29. The summed E-state index contributed by atoms with van der Waals surface area (Å²) in [6.45, 7) is 4.82. The van der Waals surface area contributed by atoms with E-state index in [1.54, 1.807) is 31.3 Å². The Morgan fingerprint density at radius 1 is 1.12 bits per heavy atom. The van der Waals surface area contributed by atoms with Gasteiger partial charge in [-0.05, 0) is 36.6 Å². The Bertz CT molecular complexity index is 1210. The van der Waals surface area contributed by atoms with Crippen LogP contribution in [0.2, 0.25) is 0 Å². The molecule has 1 aliphatic heterocycles. The number of rotatable bonds is 9. The van der Waals surface area contributed by atoms with Crippen LogP contribution in [0, 0.1) is 5.92 Å². The third-order valence-corrected chi connectivity index (χ3v) is 7.79. The van der Waals surface area contributed by atoms with Crippen LogP contribution >= 0.6 is 11.3 Å². The number of carbonyl (C=O) groups is 1. The average molecular weight is 490 g/mol. The van der Waals surface area contributed by atoms with Crippen molar-refractivity contribution in [3.63, 3.8) is 0 Å². The molecular formula is C23H27N3O5S2. The topological polar surface area (TPSA) is 107 Å². The van der Waals surface area contributed by atoms with Crippen molar-refractivity contribution in [3.05, 3.63) is 47.5 Å². The molecule has 0 unspecified atom stereocenters. The van der Waals surface area contributed by atoms with Crippen LogP contribution in [-0.2, 0) is 21.2 Å². The highest BCUT2D eigenvalue weighted by atomic mass is 32.2. The summed E-state index contributed by atoms with van der Waals surface area (Å²) in [7, 11) is -3.93. The van der Waals surface area contributed by atoms with Crippen molar-refractivity contribution in [3.8, 4) is 11.5 Å². The molecule has 0 fully saturated rings. The number of carbonyl (C=O) groups excluding carboxylic acids is 1. The Morgan fingerprint density at radius 3 is 2.64 bits per heavy atom. The molecule has 1 atom stereocenters. The summed E-state index contributed by atoms with van der Waals surface area (Å²) in [6.07, 6.45) is 1.46. The summed E-state index contributed by atoms with van der Waals surface area (Å²) in [6, 6.07) is 11.5. The van der Waals surface area contributed by atoms with Gasteiger partial charge in [-0.1, -0.05) is 26.0 Å². The van der Waals surface area contributed by atoms with Gasteiger partial charge in [0.05, 0.1) is 20.1 Å². The second-order valence-electron chi connectivity index (χ2n) is 8.12. The largest absolute Gasteiger partial charge is 0.486 e. The van der Waals surface area contributed by atoms with Gasteiger partial charge in [-0.3, -0.25) is 4.79 Å². The molecule has 0 aliphatic carbocycles. The molecule has 0 spiro atoms. The standard InChI is InChI=1S/C23H27N3O5S2/c1-15(2)22(26-33(28,29)16-9-10-18-19(14-16)31-13-12-30-18)23(27)24-11-5-8-21-25-17-6-3-4-7-20(17)32-21/h3-4,6-7,9-10,14-15,22,26H,5,8,11-13H2,1-2H3,(H,24,27)/t22-/m1/s1. The Hall–Kier alpha value is -2.69. The molecule has 176 valence electrons. The predicted octanol–water partition coefficient (Wildman–Crippen LogP) is 3.12. The maximum atomic E-state index is 12.9.